The van der Waals surface area contributed by atoms with E-state index < -0.39 is 0 Å². The van der Waals surface area contributed by atoms with E-state index in [9.17, 15) is 0 Å². The van der Waals surface area contributed by atoms with E-state index in [1.807, 2.05) is 25.1 Å². The lowest BCUT2D eigenvalue weighted by atomic mass is 10.0. The molecular weight excluding hydrogens is 334 g/mol. The van der Waals surface area contributed by atoms with E-state index in [-0.39, 0.29) is 6.10 Å². The van der Waals surface area contributed by atoms with Crippen LogP contribution < -0.4 is 15.5 Å². The summed E-state index contributed by atoms with van der Waals surface area (Å²) in [7, 11) is 0. The number of nitrogens with zero attached hydrogens (tertiary/aromatic N) is 1. The number of fused-ring (bicyclic) bond motifs is 1. The van der Waals surface area contributed by atoms with Crippen molar-refractivity contribution in [2.45, 2.75) is 25.9 Å². The van der Waals surface area contributed by atoms with E-state index in [1.165, 1.54) is 0 Å². The second-order valence-electron chi connectivity index (χ2n) is 5.85. The number of thiocarbonyl (C=S) groups is 1. The van der Waals surface area contributed by atoms with Crippen molar-refractivity contribution in [3.05, 3.63) is 42.0 Å². The molecule has 1 fully saturated rings. The zero-order chi connectivity index (χ0) is 17.5. The average molecular weight is 357 g/mol. The number of benzene rings is 2. The summed E-state index contributed by atoms with van der Waals surface area (Å²) in [5, 5.41) is 10.1. The van der Waals surface area contributed by atoms with E-state index in [2.05, 4.69) is 34.0 Å². The molecule has 1 aliphatic rings. The molecule has 0 aliphatic carbocycles. The standard InChI is InChI=1S/C19H23N3O2S/c1-2-23-18-10-9-14-6-3-4-8-16(14)17(18)13-21-22-19(25)20-12-15-7-5-11-24-15/h3-4,6,8-10,13,15H,2,5,7,11-12H2,1H3,(H2,20,22,25)/b21-13-/t15-/m0/s1. The van der Waals surface area contributed by atoms with Crippen molar-refractivity contribution in [3.8, 4) is 5.75 Å². The van der Waals surface area contributed by atoms with Gasteiger partial charge in [-0.2, -0.15) is 5.10 Å². The Balaban J connectivity index is 1.67. The first-order valence-corrected chi connectivity index (χ1v) is 9.02. The normalized spacial score (nSPS) is 17.1. The van der Waals surface area contributed by atoms with Crippen LogP contribution in [0, 0.1) is 0 Å². The van der Waals surface area contributed by atoms with Gasteiger partial charge in [-0.25, -0.2) is 0 Å². The fourth-order valence-electron chi connectivity index (χ4n) is 2.90. The van der Waals surface area contributed by atoms with Crippen molar-refractivity contribution < 1.29 is 9.47 Å². The number of ether oxygens (including phenoxy) is 2. The summed E-state index contributed by atoms with van der Waals surface area (Å²) in [5.74, 6) is 0.810. The summed E-state index contributed by atoms with van der Waals surface area (Å²) in [6.45, 7) is 4.12. The molecule has 6 heteroatoms. The third kappa shape index (κ3) is 4.67. The van der Waals surface area contributed by atoms with E-state index in [4.69, 9.17) is 21.7 Å². The summed E-state index contributed by atoms with van der Waals surface area (Å²) >= 11 is 5.26. The predicted molar refractivity (Wildman–Crippen MR) is 105 cm³/mol. The molecule has 1 saturated heterocycles. The molecule has 5 nitrogen and oxygen atoms in total. The minimum Gasteiger partial charge on any atom is -0.493 e. The third-order valence-electron chi connectivity index (χ3n) is 4.10. The first-order valence-electron chi connectivity index (χ1n) is 8.61. The maximum Gasteiger partial charge on any atom is 0.187 e. The van der Waals surface area contributed by atoms with Crippen LogP contribution >= 0.6 is 12.2 Å². The van der Waals surface area contributed by atoms with E-state index in [0.717, 1.165) is 41.5 Å². The van der Waals surface area contributed by atoms with Gasteiger partial charge in [0, 0.05) is 18.7 Å². The van der Waals surface area contributed by atoms with Gasteiger partial charge in [0.15, 0.2) is 5.11 Å². The highest BCUT2D eigenvalue weighted by Gasteiger charge is 2.15. The van der Waals surface area contributed by atoms with Gasteiger partial charge in [0.05, 0.1) is 18.9 Å². The minimum absolute atomic E-state index is 0.242. The number of rotatable bonds is 6. The molecule has 2 aromatic rings. The Bertz CT molecular complexity index is 757. The van der Waals surface area contributed by atoms with E-state index >= 15 is 0 Å². The fraction of sp³-hybridized carbons (Fsp3) is 0.368. The lowest BCUT2D eigenvalue weighted by molar-refractivity contribution is 0.114. The van der Waals surface area contributed by atoms with Gasteiger partial charge in [0.2, 0.25) is 0 Å². The Morgan fingerprint density at radius 1 is 1.36 bits per heavy atom. The van der Waals surface area contributed by atoms with Crippen LogP contribution in [0.5, 0.6) is 5.75 Å². The molecule has 0 amide bonds. The van der Waals surface area contributed by atoms with Crippen LogP contribution in [0.4, 0.5) is 0 Å². The van der Waals surface area contributed by atoms with Gasteiger partial charge in [-0.05, 0) is 48.8 Å². The Hall–Kier alpha value is -2.18. The Morgan fingerprint density at radius 3 is 3.04 bits per heavy atom. The molecule has 0 spiro atoms. The van der Waals surface area contributed by atoms with Crippen LogP contribution in [-0.2, 0) is 4.74 Å². The molecule has 132 valence electrons. The van der Waals surface area contributed by atoms with Gasteiger partial charge < -0.3 is 14.8 Å². The lowest BCUT2D eigenvalue weighted by Crippen LogP contribution is -2.37. The average Bonchev–Trinajstić information content (AvgIpc) is 3.15. The van der Waals surface area contributed by atoms with Crippen molar-refractivity contribution in [3.63, 3.8) is 0 Å². The first-order chi connectivity index (χ1) is 12.3. The van der Waals surface area contributed by atoms with Gasteiger partial charge in [-0.1, -0.05) is 30.3 Å². The van der Waals surface area contributed by atoms with Crippen LogP contribution in [0.1, 0.15) is 25.3 Å². The molecule has 0 radical (unpaired) electrons. The molecule has 2 aromatic carbocycles. The van der Waals surface area contributed by atoms with Crippen molar-refractivity contribution >= 4 is 34.3 Å². The largest absolute Gasteiger partial charge is 0.493 e. The molecule has 0 saturated carbocycles. The predicted octanol–water partition coefficient (Wildman–Crippen LogP) is 3.22. The smallest absolute Gasteiger partial charge is 0.187 e. The molecular formula is C19H23N3O2S. The fourth-order valence-corrected chi connectivity index (χ4v) is 3.03. The van der Waals surface area contributed by atoms with Gasteiger partial charge in [-0.3, -0.25) is 5.43 Å². The SMILES string of the molecule is CCOc1ccc2ccccc2c1/C=N\NC(=S)NC[C@@H]1CCCO1. The third-order valence-corrected chi connectivity index (χ3v) is 4.34. The number of nitrogens with one attached hydrogen (secondary N) is 2. The van der Waals surface area contributed by atoms with Crippen LogP contribution in [0.25, 0.3) is 10.8 Å². The maximum atomic E-state index is 5.73. The van der Waals surface area contributed by atoms with Crippen molar-refractivity contribution in [1.82, 2.24) is 10.7 Å². The van der Waals surface area contributed by atoms with Gasteiger partial charge >= 0.3 is 0 Å². The van der Waals surface area contributed by atoms with Gasteiger partial charge in [0.25, 0.3) is 0 Å². The Kier molecular flexibility index (Phi) is 6.19. The number of hydrogen-bond donors (Lipinski definition) is 2. The summed E-state index contributed by atoms with van der Waals surface area (Å²) in [6.07, 6.45) is 4.19. The lowest BCUT2D eigenvalue weighted by Gasteiger charge is -2.12. The van der Waals surface area contributed by atoms with Crippen molar-refractivity contribution in [1.29, 1.82) is 0 Å². The minimum atomic E-state index is 0.242. The summed E-state index contributed by atoms with van der Waals surface area (Å²) < 4.78 is 11.3. The summed E-state index contributed by atoms with van der Waals surface area (Å²) in [6, 6.07) is 12.2. The van der Waals surface area contributed by atoms with Crippen LogP contribution in [-0.4, -0.2) is 37.2 Å². The van der Waals surface area contributed by atoms with Crippen LogP contribution in [0.3, 0.4) is 0 Å². The van der Waals surface area contributed by atoms with Gasteiger partial charge in [0.1, 0.15) is 5.75 Å². The topological polar surface area (TPSA) is 54.9 Å². The molecule has 1 heterocycles. The van der Waals surface area contributed by atoms with Crippen LogP contribution in [0.15, 0.2) is 41.5 Å². The van der Waals surface area contributed by atoms with Crippen molar-refractivity contribution in [2.24, 2.45) is 5.10 Å². The monoisotopic (exact) mass is 357 g/mol. The Labute approximate surface area is 153 Å². The van der Waals surface area contributed by atoms with E-state index in [1.54, 1.807) is 6.21 Å². The summed E-state index contributed by atoms with van der Waals surface area (Å²) in [4.78, 5) is 0. The molecule has 1 atom stereocenters. The first kappa shape index (κ1) is 17.6. The highest BCUT2D eigenvalue weighted by atomic mass is 32.1. The second kappa shape index (κ2) is 8.78. The molecule has 0 aromatic heterocycles. The van der Waals surface area contributed by atoms with E-state index in [0.29, 0.717) is 18.3 Å². The number of hydrazone groups is 1. The molecule has 3 rings (SSSR count). The zero-order valence-electron chi connectivity index (χ0n) is 14.3. The van der Waals surface area contributed by atoms with Gasteiger partial charge in [-0.15, -0.1) is 0 Å². The zero-order valence-corrected chi connectivity index (χ0v) is 15.1. The van der Waals surface area contributed by atoms with Crippen LogP contribution in [0.2, 0.25) is 0 Å². The second-order valence-corrected chi connectivity index (χ2v) is 6.25. The quantitative estimate of drug-likeness (QED) is 0.472. The Morgan fingerprint density at radius 2 is 2.24 bits per heavy atom. The maximum absolute atomic E-state index is 5.73. The molecule has 1 aliphatic heterocycles. The molecule has 0 unspecified atom stereocenters. The highest BCUT2D eigenvalue weighted by molar-refractivity contribution is 7.80. The number of hydrogen-bond acceptors (Lipinski definition) is 4. The molecule has 25 heavy (non-hydrogen) atoms. The molecule has 0 bridgehead atoms. The van der Waals surface area contributed by atoms with Crippen molar-refractivity contribution in [2.75, 3.05) is 19.8 Å². The summed E-state index contributed by atoms with van der Waals surface area (Å²) in [5.41, 5.74) is 3.81. The highest BCUT2D eigenvalue weighted by Crippen LogP contribution is 2.26. The molecule has 2 N–H and O–H groups in total.